The van der Waals surface area contributed by atoms with E-state index in [-0.39, 0.29) is 29.8 Å². The molecular weight excluding hydrogens is 590 g/mol. The standard InChI is InChI=1S/C34H41N5O5S/c1-2-44-30-12-11-24(21-5-3-4-6-21)17-27(30)29-20-45-33(37-29)38-32(41)23-9-7-22(8-10-23)31(40)28-18-26(13-15-35-28)39-16-14-25(19-39)36-34(42)43/h7-12,17,20-21,25-26,28,35-36H,2-6,13-16,18-19H2,1H3,(H,42,43)(H,37,38,41). The number of rotatable bonds is 10. The summed E-state index contributed by atoms with van der Waals surface area (Å²) in [5.74, 6) is 1.08. The van der Waals surface area contributed by atoms with Crippen LogP contribution in [0.1, 0.15) is 84.1 Å². The number of anilines is 1. The zero-order valence-corrected chi connectivity index (χ0v) is 26.4. The molecule has 3 aliphatic rings. The van der Waals surface area contributed by atoms with Crippen molar-refractivity contribution in [1.82, 2.24) is 20.5 Å². The molecule has 0 spiro atoms. The van der Waals surface area contributed by atoms with Gasteiger partial charge in [0.1, 0.15) is 5.75 Å². The Hall–Kier alpha value is -3.80. The van der Waals surface area contributed by atoms with Gasteiger partial charge in [0.2, 0.25) is 0 Å². The van der Waals surface area contributed by atoms with Gasteiger partial charge in [-0.3, -0.25) is 19.8 Å². The molecule has 3 heterocycles. The van der Waals surface area contributed by atoms with Crippen LogP contribution in [0.15, 0.2) is 47.8 Å². The Morgan fingerprint density at radius 2 is 1.84 bits per heavy atom. The van der Waals surface area contributed by atoms with Crippen molar-refractivity contribution in [2.45, 2.75) is 75.9 Å². The molecule has 1 aromatic heterocycles. The van der Waals surface area contributed by atoms with Crippen molar-refractivity contribution in [2.24, 2.45) is 0 Å². The van der Waals surface area contributed by atoms with Gasteiger partial charge in [0, 0.05) is 47.2 Å². The van der Waals surface area contributed by atoms with Crippen LogP contribution in [0.3, 0.4) is 0 Å². The number of hydrogen-bond donors (Lipinski definition) is 4. The maximum absolute atomic E-state index is 13.4. The van der Waals surface area contributed by atoms with E-state index in [4.69, 9.17) is 14.8 Å². The molecule has 2 aliphatic heterocycles. The van der Waals surface area contributed by atoms with Crippen molar-refractivity contribution in [3.63, 3.8) is 0 Å². The summed E-state index contributed by atoms with van der Waals surface area (Å²) in [4.78, 5) is 44.5. The lowest BCUT2D eigenvalue weighted by Gasteiger charge is -2.35. The van der Waals surface area contributed by atoms with E-state index in [2.05, 4.69) is 33.0 Å². The SMILES string of the molecule is CCOc1ccc(C2CCCC2)cc1-c1csc(NC(=O)c2ccc(C(=O)C3CC(N4CCC(NC(=O)O)C4)CCN3)cc2)n1. The molecule has 11 heteroatoms. The third-order valence-electron chi connectivity index (χ3n) is 9.32. The summed E-state index contributed by atoms with van der Waals surface area (Å²) in [6, 6.07) is 13.0. The number of aromatic nitrogens is 1. The summed E-state index contributed by atoms with van der Waals surface area (Å²) in [5.41, 5.74) is 4.04. The van der Waals surface area contributed by atoms with E-state index >= 15 is 0 Å². The van der Waals surface area contributed by atoms with Gasteiger partial charge in [0.25, 0.3) is 5.91 Å². The summed E-state index contributed by atoms with van der Waals surface area (Å²) < 4.78 is 5.91. The predicted octanol–water partition coefficient (Wildman–Crippen LogP) is 5.76. The molecule has 4 N–H and O–H groups in total. The number of hydrogen-bond acceptors (Lipinski definition) is 8. The Labute approximate surface area is 267 Å². The fraction of sp³-hybridized carbons (Fsp3) is 0.471. The number of ketones is 1. The summed E-state index contributed by atoms with van der Waals surface area (Å²) in [5, 5.41) is 20.3. The van der Waals surface area contributed by atoms with Gasteiger partial charge >= 0.3 is 6.09 Å². The van der Waals surface area contributed by atoms with Crippen LogP contribution in [0.25, 0.3) is 11.3 Å². The Morgan fingerprint density at radius 3 is 2.60 bits per heavy atom. The van der Waals surface area contributed by atoms with Gasteiger partial charge < -0.3 is 20.5 Å². The number of likely N-dealkylation sites (tertiary alicyclic amines) is 1. The fourth-order valence-electron chi connectivity index (χ4n) is 6.99. The lowest BCUT2D eigenvalue weighted by molar-refractivity contribution is 0.0875. The highest BCUT2D eigenvalue weighted by Crippen LogP contribution is 2.39. The van der Waals surface area contributed by atoms with Crippen molar-refractivity contribution in [2.75, 3.05) is 31.6 Å². The minimum atomic E-state index is -0.995. The molecule has 10 nitrogen and oxygen atoms in total. The molecule has 6 rings (SSSR count). The quantitative estimate of drug-likeness (QED) is 0.208. The maximum atomic E-state index is 13.4. The molecule has 3 aromatic rings. The molecule has 238 valence electrons. The summed E-state index contributed by atoms with van der Waals surface area (Å²) in [6.45, 7) is 4.74. The maximum Gasteiger partial charge on any atom is 0.404 e. The third kappa shape index (κ3) is 7.37. The van der Waals surface area contributed by atoms with E-state index in [9.17, 15) is 14.4 Å². The second-order valence-electron chi connectivity index (χ2n) is 12.2. The van der Waals surface area contributed by atoms with Crippen LogP contribution >= 0.6 is 11.3 Å². The van der Waals surface area contributed by atoms with Crippen LogP contribution in [-0.4, -0.2) is 77.1 Å². The van der Waals surface area contributed by atoms with Crippen molar-refractivity contribution in [3.8, 4) is 17.0 Å². The van der Waals surface area contributed by atoms with Crippen molar-refractivity contribution in [1.29, 1.82) is 0 Å². The minimum absolute atomic E-state index is 0.000526. The number of carboxylic acid groups (broad SMARTS) is 1. The normalized spacial score (nSPS) is 22.3. The second kappa shape index (κ2) is 14.1. The predicted molar refractivity (Wildman–Crippen MR) is 175 cm³/mol. The third-order valence-corrected chi connectivity index (χ3v) is 10.1. The highest BCUT2D eigenvalue weighted by molar-refractivity contribution is 7.14. The van der Waals surface area contributed by atoms with Crippen molar-refractivity contribution < 1.29 is 24.2 Å². The number of Topliss-reactive ketones (excluding diaryl/α,β-unsaturated/α-hetero) is 1. The number of carbonyl (C=O) groups excluding carboxylic acids is 2. The van der Waals surface area contributed by atoms with Gasteiger partial charge in [0.05, 0.1) is 18.3 Å². The van der Waals surface area contributed by atoms with Crippen LogP contribution in [0, 0.1) is 0 Å². The minimum Gasteiger partial charge on any atom is -0.493 e. The number of benzene rings is 2. The molecule has 0 radical (unpaired) electrons. The number of nitrogens with zero attached hydrogens (tertiary/aromatic N) is 2. The van der Waals surface area contributed by atoms with Crippen LogP contribution in [0.4, 0.5) is 9.93 Å². The highest BCUT2D eigenvalue weighted by atomic mass is 32.1. The number of amides is 2. The molecule has 1 aliphatic carbocycles. The highest BCUT2D eigenvalue weighted by Gasteiger charge is 2.34. The van der Waals surface area contributed by atoms with Crippen LogP contribution < -0.4 is 20.7 Å². The van der Waals surface area contributed by atoms with E-state index in [0.717, 1.165) is 42.9 Å². The number of carbonyl (C=O) groups is 3. The van der Waals surface area contributed by atoms with Gasteiger partial charge in [0.15, 0.2) is 10.9 Å². The summed E-state index contributed by atoms with van der Waals surface area (Å²) >= 11 is 1.37. The Morgan fingerprint density at radius 1 is 1.07 bits per heavy atom. The first-order valence-electron chi connectivity index (χ1n) is 16.0. The Bertz CT molecular complexity index is 1520. The first-order chi connectivity index (χ1) is 21.9. The average Bonchev–Trinajstić information content (AvgIpc) is 3.84. The van der Waals surface area contributed by atoms with E-state index < -0.39 is 6.09 Å². The Balaban J connectivity index is 1.07. The summed E-state index contributed by atoms with van der Waals surface area (Å²) in [7, 11) is 0. The van der Waals surface area contributed by atoms with Gasteiger partial charge in [-0.1, -0.05) is 31.0 Å². The van der Waals surface area contributed by atoms with Gasteiger partial charge in [-0.2, -0.15) is 0 Å². The average molecular weight is 632 g/mol. The molecule has 1 saturated carbocycles. The summed E-state index contributed by atoms with van der Waals surface area (Å²) in [6.07, 6.45) is 6.32. The zero-order chi connectivity index (χ0) is 31.3. The fourth-order valence-corrected chi connectivity index (χ4v) is 7.70. The van der Waals surface area contributed by atoms with E-state index in [0.29, 0.717) is 41.7 Å². The number of ether oxygens (including phenoxy) is 1. The first-order valence-corrected chi connectivity index (χ1v) is 16.9. The van der Waals surface area contributed by atoms with Gasteiger partial charge in [-0.05, 0) is 81.3 Å². The molecule has 2 aromatic carbocycles. The number of thiazole rings is 1. The lowest BCUT2D eigenvalue weighted by atomic mass is 9.92. The lowest BCUT2D eigenvalue weighted by Crippen LogP contribution is -2.51. The van der Waals surface area contributed by atoms with Crippen LogP contribution in [0.2, 0.25) is 0 Å². The van der Waals surface area contributed by atoms with Gasteiger partial charge in [-0.15, -0.1) is 11.3 Å². The van der Waals surface area contributed by atoms with Crippen molar-refractivity contribution in [3.05, 3.63) is 64.5 Å². The molecule has 2 amide bonds. The van der Waals surface area contributed by atoms with Crippen LogP contribution in [0.5, 0.6) is 5.75 Å². The smallest absolute Gasteiger partial charge is 0.404 e. The van der Waals surface area contributed by atoms with Gasteiger partial charge in [-0.25, -0.2) is 9.78 Å². The molecule has 3 unspecified atom stereocenters. The first kappa shape index (κ1) is 31.2. The van der Waals surface area contributed by atoms with E-state index in [1.807, 2.05) is 18.4 Å². The van der Waals surface area contributed by atoms with Crippen LogP contribution in [-0.2, 0) is 0 Å². The number of piperidine rings is 1. The molecular formula is C34H41N5O5S. The van der Waals surface area contributed by atoms with Crippen molar-refractivity contribution >= 4 is 34.3 Å². The monoisotopic (exact) mass is 631 g/mol. The van der Waals surface area contributed by atoms with E-state index in [1.165, 1.54) is 42.6 Å². The number of nitrogens with one attached hydrogen (secondary N) is 3. The Kier molecular flexibility index (Phi) is 9.77. The molecule has 45 heavy (non-hydrogen) atoms. The zero-order valence-electron chi connectivity index (χ0n) is 25.6. The molecule has 3 atom stereocenters. The molecule has 3 fully saturated rings. The molecule has 2 saturated heterocycles. The van der Waals surface area contributed by atoms with E-state index in [1.54, 1.807) is 24.3 Å². The molecule has 0 bridgehead atoms. The topological polar surface area (TPSA) is 133 Å². The second-order valence-corrected chi connectivity index (χ2v) is 13.1. The largest absolute Gasteiger partial charge is 0.493 e.